The maximum atomic E-state index is 11.1. The topological polar surface area (TPSA) is 52.3 Å². The van der Waals surface area contributed by atoms with Crippen LogP contribution in [-0.4, -0.2) is 13.1 Å². The third-order valence-corrected chi connectivity index (χ3v) is 2.42. The molecule has 1 aromatic carbocycles. The lowest BCUT2D eigenvalue weighted by molar-refractivity contribution is -0.142. The molecule has 0 saturated heterocycles. The largest absolute Gasteiger partial charge is 0.468 e. The summed E-state index contributed by atoms with van der Waals surface area (Å²) in [5, 5.41) is 0. The first-order valence-corrected chi connectivity index (χ1v) is 4.54. The molecule has 78 valence electrons. The van der Waals surface area contributed by atoms with Gasteiger partial charge in [-0.1, -0.05) is 34.1 Å². The van der Waals surface area contributed by atoms with Gasteiger partial charge in [0, 0.05) is 4.47 Å². The third kappa shape index (κ3) is 2.97. The van der Waals surface area contributed by atoms with E-state index in [4.69, 9.17) is 5.73 Å². The van der Waals surface area contributed by atoms with E-state index in [-0.39, 0.29) is 12.4 Å². The van der Waals surface area contributed by atoms with Crippen LogP contribution in [-0.2, 0) is 9.53 Å². The van der Waals surface area contributed by atoms with Gasteiger partial charge in [0.05, 0.1) is 7.11 Å². The fraction of sp³-hybridized carbons (Fsp3) is 0.222. The fourth-order valence-electron chi connectivity index (χ4n) is 0.981. The number of halogens is 2. The Bertz CT molecular complexity index is 319. The summed E-state index contributed by atoms with van der Waals surface area (Å²) in [4.78, 5) is 11.1. The highest BCUT2D eigenvalue weighted by molar-refractivity contribution is 9.10. The lowest BCUT2D eigenvalue weighted by Crippen LogP contribution is -2.22. The number of hydrogen-bond acceptors (Lipinski definition) is 3. The summed E-state index contributed by atoms with van der Waals surface area (Å²) in [5.74, 6) is -0.438. The van der Waals surface area contributed by atoms with Crippen molar-refractivity contribution in [1.82, 2.24) is 0 Å². The van der Waals surface area contributed by atoms with E-state index in [1.54, 1.807) is 6.07 Å². The minimum Gasteiger partial charge on any atom is -0.468 e. The van der Waals surface area contributed by atoms with Crippen molar-refractivity contribution in [3.8, 4) is 0 Å². The van der Waals surface area contributed by atoms with Crippen LogP contribution in [0.15, 0.2) is 28.7 Å². The number of methoxy groups -OCH3 is 1. The number of carbonyl (C=O) groups is 1. The molecule has 0 bridgehead atoms. The zero-order valence-corrected chi connectivity index (χ0v) is 9.97. The van der Waals surface area contributed by atoms with Gasteiger partial charge in [0.2, 0.25) is 0 Å². The fourth-order valence-corrected chi connectivity index (χ4v) is 1.51. The second kappa shape index (κ2) is 6.01. The van der Waals surface area contributed by atoms with E-state index in [0.29, 0.717) is 0 Å². The lowest BCUT2D eigenvalue weighted by Gasteiger charge is -2.10. The van der Waals surface area contributed by atoms with E-state index >= 15 is 0 Å². The summed E-state index contributed by atoms with van der Waals surface area (Å²) in [5.41, 5.74) is 6.38. The van der Waals surface area contributed by atoms with E-state index in [1.807, 2.05) is 18.2 Å². The summed E-state index contributed by atoms with van der Waals surface area (Å²) in [6.07, 6.45) is 0. The quantitative estimate of drug-likeness (QED) is 0.844. The number of rotatable bonds is 2. The standard InChI is InChI=1S/C9H10BrNO2.ClH/c1-13-9(12)8(11)6-4-2-3-5-7(6)10;/h2-5,8H,11H2,1H3;1H. The Morgan fingerprint density at radius 2 is 2.07 bits per heavy atom. The highest BCUT2D eigenvalue weighted by Gasteiger charge is 2.17. The zero-order chi connectivity index (χ0) is 9.84. The molecule has 0 fully saturated rings. The Morgan fingerprint density at radius 1 is 1.50 bits per heavy atom. The van der Waals surface area contributed by atoms with Crippen LogP contribution in [0.1, 0.15) is 11.6 Å². The van der Waals surface area contributed by atoms with Crippen LogP contribution < -0.4 is 5.73 Å². The first kappa shape index (κ1) is 13.4. The van der Waals surface area contributed by atoms with Gasteiger partial charge in [0.1, 0.15) is 6.04 Å². The van der Waals surface area contributed by atoms with Gasteiger partial charge in [-0.2, -0.15) is 0 Å². The molecule has 1 atom stereocenters. The number of nitrogens with two attached hydrogens (primary N) is 1. The maximum absolute atomic E-state index is 11.1. The molecule has 0 radical (unpaired) electrons. The molecule has 0 spiro atoms. The number of benzene rings is 1. The number of ether oxygens (including phenoxy) is 1. The van der Waals surface area contributed by atoms with Crippen molar-refractivity contribution < 1.29 is 9.53 Å². The van der Waals surface area contributed by atoms with E-state index in [9.17, 15) is 4.79 Å². The molecule has 1 aromatic rings. The highest BCUT2D eigenvalue weighted by atomic mass is 79.9. The van der Waals surface area contributed by atoms with E-state index in [1.165, 1.54) is 7.11 Å². The molecule has 2 N–H and O–H groups in total. The Morgan fingerprint density at radius 3 is 2.57 bits per heavy atom. The Hall–Kier alpha value is -0.580. The van der Waals surface area contributed by atoms with Crippen molar-refractivity contribution in [3.05, 3.63) is 34.3 Å². The van der Waals surface area contributed by atoms with E-state index < -0.39 is 12.0 Å². The lowest BCUT2D eigenvalue weighted by atomic mass is 10.1. The van der Waals surface area contributed by atoms with Crippen LogP contribution in [0, 0.1) is 0 Å². The molecule has 0 aliphatic carbocycles. The van der Waals surface area contributed by atoms with Crippen molar-refractivity contribution >= 4 is 34.3 Å². The van der Waals surface area contributed by atoms with Crippen LogP contribution in [0.3, 0.4) is 0 Å². The van der Waals surface area contributed by atoms with Gasteiger partial charge in [-0.15, -0.1) is 12.4 Å². The predicted octanol–water partition coefficient (Wildman–Crippen LogP) is 2.04. The molecular formula is C9H11BrClNO2. The average Bonchev–Trinajstić information content (AvgIpc) is 2.16. The summed E-state index contributed by atoms with van der Waals surface area (Å²) < 4.78 is 5.35. The monoisotopic (exact) mass is 279 g/mol. The van der Waals surface area contributed by atoms with Gasteiger partial charge >= 0.3 is 5.97 Å². The Kier molecular flexibility index (Phi) is 5.76. The smallest absolute Gasteiger partial charge is 0.327 e. The van der Waals surface area contributed by atoms with Gasteiger partial charge in [-0.25, -0.2) is 0 Å². The van der Waals surface area contributed by atoms with Gasteiger partial charge in [0.25, 0.3) is 0 Å². The molecule has 1 unspecified atom stereocenters. The van der Waals surface area contributed by atoms with Gasteiger partial charge in [-0.05, 0) is 11.6 Å². The normalized spacial score (nSPS) is 11.4. The van der Waals surface area contributed by atoms with E-state index in [2.05, 4.69) is 20.7 Å². The molecule has 0 heterocycles. The molecule has 1 rings (SSSR count). The van der Waals surface area contributed by atoms with Crippen LogP contribution in [0.2, 0.25) is 0 Å². The molecule has 0 aliphatic heterocycles. The van der Waals surface area contributed by atoms with Crippen LogP contribution in [0.25, 0.3) is 0 Å². The number of esters is 1. The summed E-state index contributed by atoms with van der Waals surface area (Å²) in [6, 6.07) is 6.57. The van der Waals surface area contributed by atoms with Crippen molar-refractivity contribution in [1.29, 1.82) is 0 Å². The molecular weight excluding hydrogens is 269 g/mol. The Labute approximate surface area is 97.2 Å². The second-order valence-corrected chi connectivity index (χ2v) is 3.38. The highest BCUT2D eigenvalue weighted by Crippen LogP contribution is 2.21. The third-order valence-electron chi connectivity index (χ3n) is 1.70. The second-order valence-electron chi connectivity index (χ2n) is 2.52. The minimum atomic E-state index is -0.722. The van der Waals surface area contributed by atoms with Crippen molar-refractivity contribution in [2.45, 2.75) is 6.04 Å². The molecule has 0 aromatic heterocycles. The average molecular weight is 281 g/mol. The first-order valence-electron chi connectivity index (χ1n) is 3.74. The number of carbonyl (C=O) groups excluding carboxylic acids is 1. The molecule has 5 heteroatoms. The van der Waals surface area contributed by atoms with Crippen LogP contribution in [0.5, 0.6) is 0 Å². The van der Waals surface area contributed by atoms with Crippen LogP contribution in [0.4, 0.5) is 0 Å². The van der Waals surface area contributed by atoms with Crippen molar-refractivity contribution in [2.75, 3.05) is 7.11 Å². The molecule has 3 nitrogen and oxygen atoms in total. The summed E-state index contributed by atoms with van der Waals surface area (Å²) in [7, 11) is 1.32. The summed E-state index contributed by atoms with van der Waals surface area (Å²) in [6.45, 7) is 0. The van der Waals surface area contributed by atoms with Crippen LogP contribution >= 0.6 is 28.3 Å². The van der Waals surface area contributed by atoms with Gasteiger partial charge in [-0.3, -0.25) is 4.79 Å². The zero-order valence-electron chi connectivity index (χ0n) is 7.57. The molecule has 0 amide bonds. The summed E-state index contributed by atoms with van der Waals surface area (Å²) >= 11 is 3.31. The Balaban J connectivity index is 0.00000169. The van der Waals surface area contributed by atoms with Gasteiger partial charge in [0.15, 0.2) is 0 Å². The minimum absolute atomic E-state index is 0. The van der Waals surface area contributed by atoms with Crippen molar-refractivity contribution in [2.24, 2.45) is 5.73 Å². The first-order chi connectivity index (χ1) is 6.16. The van der Waals surface area contributed by atoms with Gasteiger partial charge < -0.3 is 10.5 Å². The maximum Gasteiger partial charge on any atom is 0.327 e. The molecule has 0 saturated carbocycles. The SMILES string of the molecule is COC(=O)C(N)c1ccccc1Br.Cl. The number of hydrogen-bond donors (Lipinski definition) is 1. The van der Waals surface area contributed by atoms with E-state index in [0.717, 1.165) is 10.0 Å². The molecule has 14 heavy (non-hydrogen) atoms. The predicted molar refractivity (Wildman–Crippen MR) is 60.3 cm³/mol. The van der Waals surface area contributed by atoms with Crippen molar-refractivity contribution in [3.63, 3.8) is 0 Å². The molecule has 0 aliphatic rings.